The van der Waals surface area contributed by atoms with E-state index in [1.54, 1.807) is 0 Å². The van der Waals surface area contributed by atoms with Crippen molar-refractivity contribution in [2.75, 3.05) is 0 Å². The maximum Gasteiger partial charge on any atom is 1.00 e. The second kappa shape index (κ2) is 6.08. The first kappa shape index (κ1) is 15.2. The predicted molar refractivity (Wildman–Crippen MR) is 49.4 cm³/mol. The van der Waals surface area contributed by atoms with Gasteiger partial charge in [0.05, 0.1) is 20.9 Å². The van der Waals surface area contributed by atoms with Gasteiger partial charge in [0.25, 0.3) is 0 Å². The van der Waals surface area contributed by atoms with Crippen LogP contribution >= 0.6 is 23.2 Å². The van der Waals surface area contributed by atoms with Crippen molar-refractivity contribution in [3.8, 4) is 0 Å². The number of carbonyl (C=O) groups is 1. The third kappa shape index (κ3) is 3.62. The summed E-state index contributed by atoms with van der Waals surface area (Å²) in [5.41, 5.74) is -0.398. The van der Waals surface area contributed by atoms with Crippen molar-refractivity contribution in [3.05, 3.63) is 27.7 Å². The van der Waals surface area contributed by atoms with Crippen LogP contribution in [0.15, 0.2) is 17.0 Å². The smallest absolute Gasteiger partial charge is 0.545 e. The number of hydrogen-bond donors (Lipinski definition) is 1. The summed E-state index contributed by atoms with van der Waals surface area (Å²) in [7, 11) is -2.95. The van der Waals surface area contributed by atoms with Crippen LogP contribution in [0.4, 0.5) is 0 Å². The topological polar surface area (TPSA) is 74.3 Å². The Kier molecular flexibility index (Phi) is 6.17. The van der Waals surface area contributed by atoms with Crippen molar-refractivity contribution < 1.29 is 47.9 Å². The molecule has 0 heterocycles. The number of carboxylic acid groups (broad SMARTS) is 1. The molecular weight excluding hydrogens is 274 g/mol. The first-order valence-electron chi connectivity index (χ1n) is 3.28. The molecule has 76 valence electrons. The Labute approximate surface area is 119 Å². The predicted octanol–water partition coefficient (Wildman–Crippen LogP) is -2.67. The molecule has 0 N–H and O–H groups in total. The summed E-state index contributed by atoms with van der Waals surface area (Å²) < 4.78 is 21.2. The molecule has 0 fully saturated rings. The van der Waals surface area contributed by atoms with Gasteiger partial charge in [-0.15, -0.1) is 0 Å². The van der Waals surface area contributed by atoms with Gasteiger partial charge in [0.1, 0.15) is 0 Å². The molecule has 0 aliphatic carbocycles. The minimum Gasteiger partial charge on any atom is -0.545 e. The molecule has 0 bridgehead atoms. The zero-order valence-corrected chi connectivity index (χ0v) is 11.9. The molecule has 0 spiro atoms. The molecule has 4 nitrogen and oxygen atoms in total. The largest absolute Gasteiger partial charge is 1.00 e. The first-order valence-corrected chi connectivity index (χ1v) is 5.21. The summed E-state index contributed by atoms with van der Waals surface area (Å²) in [6.45, 7) is 0. The number of hydrogen-bond acceptors (Lipinski definition) is 4. The van der Waals surface area contributed by atoms with Crippen molar-refractivity contribution in [1.82, 2.24) is 0 Å². The van der Waals surface area contributed by atoms with E-state index in [1.165, 1.54) is 0 Å². The fourth-order valence-electron chi connectivity index (χ4n) is 0.834. The molecule has 0 radical (unpaired) electrons. The van der Waals surface area contributed by atoms with E-state index in [-0.39, 0.29) is 44.5 Å². The Balaban J connectivity index is 0.00000196. The Morgan fingerprint density at radius 3 is 2.13 bits per heavy atom. The Morgan fingerprint density at radius 2 is 1.73 bits per heavy atom. The first-order chi connectivity index (χ1) is 6.43. The van der Waals surface area contributed by atoms with E-state index in [0.717, 1.165) is 12.1 Å². The van der Waals surface area contributed by atoms with Gasteiger partial charge in [-0.25, -0.2) is 8.42 Å². The molecule has 1 aromatic carbocycles. The standard InChI is InChI=1S/C7H4Cl2O4S.Na/c8-4-2-5(9)6(14(12)13)1-3(4)7(10)11;/h1-2,14H,(H,10,11);/q;+1/p-1. The third-order valence-corrected chi connectivity index (χ3v) is 2.97. The van der Waals surface area contributed by atoms with Crippen molar-refractivity contribution in [2.45, 2.75) is 4.90 Å². The second-order valence-corrected chi connectivity index (χ2v) is 4.14. The van der Waals surface area contributed by atoms with Gasteiger partial charge in [-0.1, -0.05) is 23.2 Å². The quantitative estimate of drug-likeness (QED) is 0.472. The SMILES string of the molecule is O=C([O-])c1cc([SH](=O)=O)c(Cl)cc1Cl.[Na+]. The summed E-state index contributed by atoms with van der Waals surface area (Å²) in [5, 5.41) is 10.2. The Bertz CT molecular complexity index is 464. The van der Waals surface area contributed by atoms with Gasteiger partial charge in [0.15, 0.2) is 10.7 Å². The van der Waals surface area contributed by atoms with Crippen molar-refractivity contribution in [3.63, 3.8) is 0 Å². The second-order valence-electron chi connectivity index (χ2n) is 2.33. The average molecular weight is 277 g/mol. The normalized spacial score (nSPS) is 9.80. The monoisotopic (exact) mass is 276 g/mol. The van der Waals surface area contributed by atoms with E-state index in [2.05, 4.69) is 0 Å². The minimum atomic E-state index is -2.95. The van der Waals surface area contributed by atoms with Gasteiger partial charge >= 0.3 is 29.6 Å². The van der Waals surface area contributed by atoms with Gasteiger partial charge in [-0.3, -0.25) is 0 Å². The molecule has 0 saturated carbocycles. The van der Waals surface area contributed by atoms with E-state index < -0.39 is 22.2 Å². The Morgan fingerprint density at radius 1 is 1.20 bits per heavy atom. The minimum absolute atomic E-state index is 0. The summed E-state index contributed by atoms with van der Waals surface area (Å²) in [6, 6.07) is 1.92. The molecule has 1 rings (SSSR count). The van der Waals surface area contributed by atoms with Crippen LogP contribution in [0.2, 0.25) is 10.0 Å². The number of carboxylic acids is 1. The van der Waals surface area contributed by atoms with Crippen LogP contribution in [-0.4, -0.2) is 14.4 Å². The molecule has 0 amide bonds. The molecule has 0 aromatic heterocycles. The zero-order chi connectivity index (χ0) is 10.9. The summed E-state index contributed by atoms with van der Waals surface area (Å²) >= 11 is 11.0. The maximum atomic E-state index is 10.6. The van der Waals surface area contributed by atoms with E-state index >= 15 is 0 Å². The number of aromatic carboxylic acids is 1. The molecule has 15 heavy (non-hydrogen) atoms. The maximum absolute atomic E-state index is 10.6. The van der Waals surface area contributed by atoms with Gasteiger partial charge in [-0.05, 0) is 12.1 Å². The van der Waals surface area contributed by atoms with E-state index in [4.69, 9.17) is 23.2 Å². The van der Waals surface area contributed by atoms with Crippen LogP contribution < -0.4 is 34.7 Å². The fraction of sp³-hybridized carbons (Fsp3) is 0. The van der Waals surface area contributed by atoms with Crippen LogP contribution in [0.3, 0.4) is 0 Å². The van der Waals surface area contributed by atoms with Gasteiger partial charge in [-0.2, -0.15) is 0 Å². The van der Waals surface area contributed by atoms with Gasteiger partial charge in [0, 0.05) is 5.56 Å². The van der Waals surface area contributed by atoms with Crippen molar-refractivity contribution >= 4 is 39.9 Å². The fourth-order valence-corrected chi connectivity index (χ4v) is 1.97. The van der Waals surface area contributed by atoms with Crippen LogP contribution in [0.5, 0.6) is 0 Å². The average Bonchev–Trinajstić information content (AvgIpc) is 2.02. The third-order valence-electron chi connectivity index (χ3n) is 1.45. The van der Waals surface area contributed by atoms with E-state index in [0.29, 0.717) is 0 Å². The number of benzene rings is 1. The van der Waals surface area contributed by atoms with Crippen LogP contribution in [0, 0.1) is 0 Å². The summed E-state index contributed by atoms with van der Waals surface area (Å²) in [5.74, 6) is -1.55. The van der Waals surface area contributed by atoms with Crippen molar-refractivity contribution in [1.29, 1.82) is 0 Å². The zero-order valence-electron chi connectivity index (χ0n) is 7.49. The molecule has 0 aliphatic heterocycles. The molecule has 8 heteroatoms. The van der Waals surface area contributed by atoms with Crippen LogP contribution in [-0.2, 0) is 10.7 Å². The van der Waals surface area contributed by atoms with Crippen molar-refractivity contribution in [2.24, 2.45) is 0 Å². The number of thiol groups is 1. The number of halogens is 2. The molecule has 0 aliphatic rings. The Hall–Kier alpha value is 0.220. The summed E-state index contributed by atoms with van der Waals surface area (Å²) in [6.07, 6.45) is 0. The van der Waals surface area contributed by atoms with E-state index in [9.17, 15) is 18.3 Å². The molecule has 1 aromatic rings. The molecule has 0 unspecified atom stereocenters. The van der Waals surface area contributed by atoms with Gasteiger partial charge in [0.2, 0.25) is 0 Å². The van der Waals surface area contributed by atoms with E-state index in [1.807, 2.05) is 0 Å². The van der Waals surface area contributed by atoms with Gasteiger partial charge < -0.3 is 9.90 Å². The molecular formula is C7H3Cl2NaO4S. The van der Waals surface area contributed by atoms with Crippen LogP contribution in [0.1, 0.15) is 10.4 Å². The van der Waals surface area contributed by atoms with Crippen LogP contribution in [0.25, 0.3) is 0 Å². The summed E-state index contributed by atoms with van der Waals surface area (Å²) in [4.78, 5) is 10.2. The molecule has 0 atom stereocenters. The number of rotatable bonds is 2. The number of carbonyl (C=O) groups excluding carboxylic acids is 1. The molecule has 0 saturated heterocycles.